The molecule has 47 heavy (non-hydrogen) atoms. The first-order valence-electron chi connectivity index (χ1n) is 17.4. The minimum absolute atomic E-state index is 0.219. The topological polar surface area (TPSA) is 95.7 Å². The number of benzene rings is 2. The molecule has 2 atom stereocenters. The van der Waals surface area contributed by atoms with E-state index in [1.807, 2.05) is 37.8 Å². The van der Waals surface area contributed by atoms with Gasteiger partial charge in [-0.25, -0.2) is 14.8 Å². The fourth-order valence-electron chi connectivity index (χ4n) is 6.82. The monoisotopic (exact) mass is 646 g/mol. The number of likely N-dealkylation sites (tertiary alicyclic amines) is 1. The van der Waals surface area contributed by atoms with Gasteiger partial charge in [-0.3, -0.25) is 0 Å². The van der Waals surface area contributed by atoms with Gasteiger partial charge >= 0.3 is 6.09 Å². The average molecular weight is 647 g/mol. The Balaban J connectivity index is 0.000000193. The summed E-state index contributed by atoms with van der Waals surface area (Å²) < 4.78 is 20.8. The molecule has 1 N–H and O–H groups in total. The largest absolute Gasteiger partial charge is 0.444 e. The van der Waals surface area contributed by atoms with E-state index in [1.165, 1.54) is 24.2 Å². The predicted octanol–water partition coefficient (Wildman–Crippen LogP) is 6.73. The maximum atomic E-state index is 12.6. The molecule has 2 saturated heterocycles. The van der Waals surface area contributed by atoms with Crippen molar-refractivity contribution in [3.8, 4) is 0 Å². The van der Waals surface area contributed by atoms with E-state index in [0.717, 1.165) is 93.7 Å². The SMILES string of the molecule is COCCCc1nc2ccccc2n1[C@@H]1CCCN(C(=O)OC(C)(C)C)C1.COCCCc1nc2ccccc2n1[C@@H]1CCCNC1. The molecular weight excluding hydrogens is 592 g/mol. The molecule has 0 aliphatic carbocycles. The molecule has 0 spiro atoms. The van der Waals surface area contributed by atoms with Gasteiger partial charge in [-0.2, -0.15) is 0 Å². The van der Waals surface area contributed by atoms with Gasteiger partial charge in [0.15, 0.2) is 0 Å². The van der Waals surface area contributed by atoms with E-state index in [-0.39, 0.29) is 12.1 Å². The maximum absolute atomic E-state index is 12.6. The van der Waals surface area contributed by atoms with Gasteiger partial charge < -0.3 is 33.6 Å². The second-order valence-electron chi connectivity index (χ2n) is 13.7. The third kappa shape index (κ3) is 9.12. The molecule has 2 aromatic heterocycles. The normalized spacial score (nSPS) is 18.7. The van der Waals surface area contributed by atoms with E-state index < -0.39 is 5.60 Å². The zero-order valence-electron chi connectivity index (χ0n) is 29.0. The van der Waals surface area contributed by atoms with Gasteiger partial charge in [0, 0.05) is 66.0 Å². The number of hydrogen-bond acceptors (Lipinski definition) is 7. The van der Waals surface area contributed by atoms with Crippen molar-refractivity contribution >= 4 is 28.2 Å². The maximum Gasteiger partial charge on any atom is 0.410 e. The molecule has 4 aromatic rings. The molecule has 0 saturated carbocycles. The van der Waals surface area contributed by atoms with Crippen molar-refractivity contribution in [2.24, 2.45) is 0 Å². The molecule has 0 unspecified atom stereocenters. The number of fused-ring (bicyclic) bond motifs is 2. The lowest BCUT2D eigenvalue weighted by molar-refractivity contribution is 0.0173. The number of rotatable bonds is 10. The third-order valence-electron chi connectivity index (χ3n) is 8.88. The number of aromatic nitrogens is 4. The lowest BCUT2D eigenvalue weighted by Gasteiger charge is -2.35. The number of piperidine rings is 2. The molecule has 0 radical (unpaired) electrons. The molecule has 2 aliphatic heterocycles. The first kappa shape index (κ1) is 34.9. The Labute approximate surface area is 279 Å². The molecule has 10 heteroatoms. The van der Waals surface area contributed by atoms with E-state index in [1.54, 1.807) is 14.2 Å². The molecular formula is C37H54N6O4. The van der Waals surface area contributed by atoms with Crippen LogP contribution in [0.25, 0.3) is 22.1 Å². The van der Waals surface area contributed by atoms with Crippen LogP contribution in [0.4, 0.5) is 4.79 Å². The second-order valence-corrected chi connectivity index (χ2v) is 13.7. The number of amides is 1. The summed E-state index contributed by atoms with van der Waals surface area (Å²) in [4.78, 5) is 24.1. The molecule has 256 valence electrons. The number of carbonyl (C=O) groups is 1. The number of nitrogens with one attached hydrogen (secondary N) is 1. The van der Waals surface area contributed by atoms with Gasteiger partial charge in [-0.05, 0) is 90.1 Å². The van der Waals surface area contributed by atoms with Crippen LogP contribution in [0.5, 0.6) is 0 Å². The van der Waals surface area contributed by atoms with Crippen molar-refractivity contribution in [1.82, 2.24) is 29.3 Å². The number of hydrogen-bond donors (Lipinski definition) is 1. The Hall–Kier alpha value is -3.47. The van der Waals surface area contributed by atoms with Gasteiger partial charge in [-0.15, -0.1) is 0 Å². The van der Waals surface area contributed by atoms with Crippen LogP contribution in [0.15, 0.2) is 48.5 Å². The molecule has 2 aromatic carbocycles. The Morgan fingerprint density at radius 2 is 1.38 bits per heavy atom. The van der Waals surface area contributed by atoms with E-state index >= 15 is 0 Å². The third-order valence-corrected chi connectivity index (χ3v) is 8.88. The van der Waals surface area contributed by atoms with Crippen LogP contribution in [0, 0.1) is 0 Å². The zero-order chi connectivity index (χ0) is 33.2. The van der Waals surface area contributed by atoms with E-state index in [4.69, 9.17) is 24.2 Å². The quantitative estimate of drug-likeness (QED) is 0.191. The van der Waals surface area contributed by atoms with Crippen LogP contribution in [-0.2, 0) is 27.1 Å². The number of imidazole rings is 2. The summed E-state index contributed by atoms with van der Waals surface area (Å²) in [6.45, 7) is 10.8. The van der Waals surface area contributed by atoms with Crippen molar-refractivity contribution in [1.29, 1.82) is 0 Å². The Morgan fingerprint density at radius 3 is 1.91 bits per heavy atom. The number of para-hydroxylation sites is 4. The van der Waals surface area contributed by atoms with Gasteiger partial charge in [-0.1, -0.05) is 24.3 Å². The van der Waals surface area contributed by atoms with Gasteiger partial charge in [0.25, 0.3) is 0 Å². The summed E-state index contributed by atoms with van der Waals surface area (Å²) in [5, 5.41) is 3.51. The van der Waals surface area contributed by atoms with Crippen LogP contribution in [0.1, 0.15) is 83.0 Å². The Bertz CT molecular complexity index is 1570. The van der Waals surface area contributed by atoms with Crippen LogP contribution < -0.4 is 5.32 Å². The minimum Gasteiger partial charge on any atom is -0.444 e. The minimum atomic E-state index is -0.475. The van der Waals surface area contributed by atoms with Crippen molar-refractivity contribution in [3.05, 3.63) is 60.2 Å². The molecule has 4 heterocycles. The van der Waals surface area contributed by atoms with Crippen LogP contribution in [0.3, 0.4) is 0 Å². The van der Waals surface area contributed by atoms with Crippen molar-refractivity contribution in [2.75, 3.05) is 53.6 Å². The van der Waals surface area contributed by atoms with Crippen molar-refractivity contribution in [2.45, 2.75) is 89.8 Å². The fourth-order valence-corrected chi connectivity index (χ4v) is 6.82. The summed E-state index contributed by atoms with van der Waals surface area (Å²) >= 11 is 0. The van der Waals surface area contributed by atoms with Gasteiger partial charge in [0.05, 0.1) is 28.1 Å². The van der Waals surface area contributed by atoms with Crippen molar-refractivity contribution < 1.29 is 19.0 Å². The van der Waals surface area contributed by atoms with Gasteiger partial charge in [0.2, 0.25) is 0 Å². The zero-order valence-corrected chi connectivity index (χ0v) is 29.0. The number of aryl methyl sites for hydroxylation is 2. The fraction of sp³-hybridized carbons (Fsp3) is 0.595. The molecule has 2 aliphatic rings. The van der Waals surface area contributed by atoms with Gasteiger partial charge in [0.1, 0.15) is 17.2 Å². The van der Waals surface area contributed by atoms with Crippen LogP contribution >= 0.6 is 0 Å². The number of ether oxygens (including phenoxy) is 3. The van der Waals surface area contributed by atoms with Crippen LogP contribution in [-0.4, -0.2) is 89.3 Å². The lowest BCUT2D eigenvalue weighted by atomic mass is 10.0. The number of nitrogens with zero attached hydrogens (tertiary/aromatic N) is 5. The Kier molecular flexibility index (Phi) is 12.3. The highest BCUT2D eigenvalue weighted by Gasteiger charge is 2.30. The molecule has 6 rings (SSSR count). The predicted molar refractivity (Wildman–Crippen MR) is 187 cm³/mol. The first-order valence-corrected chi connectivity index (χ1v) is 17.4. The molecule has 1 amide bonds. The highest BCUT2D eigenvalue weighted by atomic mass is 16.6. The smallest absolute Gasteiger partial charge is 0.410 e. The number of methoxy groups -OCH3 is 2. The summed E-state index contributed by atoms with van der Waals surface area (Å²) in [7, 11) is 3.48. The number of carbonyl (C=O) groups excluding carboxylic acids is 1. The second kappa shape index (κ2) is 16.6. The standard InChI is InChI=1S/C21H31N3O3.C16H23N3O/c1-21(2,3)27-20(25)23-13-7-9-16(15-23)24-18-11-6-5-10-17(18)22-19(24)12-8-14-26-4;1-20-11-5-9-16-18-14-7-2-3-8-15(14)19(16)13-6-4-10-17-12-13/h5-6,10-11,16H,7-9,12-15H2,1-4H3;2-3,7-8,13,17H,4-6,9-12H2,1H3/t16-;13-/m11/s1. The highest BCUT2D eigenvalue weighted by Crippen LogP contribution is 2.30. The van der Waals surface area contributed by atoms with Crippen molar-refractivity contribution in [3.63, 3.8) is 0 Å². The van der Waals surface area contributed by atoms with E-state index in [9.17, 15) is 4.79 Å². The summed E-state index contributed by atoms with van der Waals surface area (Å²) in [6, 6.07) is 17.5. The summed E-state index contributed by atoms with van der Waals surface area (Å²) in [6.07, 6.45) is 8.08. The van der Waals surface area contributed by atoms with E-state index in [0.29, 0.717) is 12.6 Å². The highest BCUT2D eigenvalue weighted by molar-refractivity contribution is 5.77. The average Bonchev–Trinajstić information content (AvgIpc) is 3.63. The Morgan fingerprint density at radius 1 is 0.830 bits per heavy atom. The molecule has 0 bridgehead atoms. The lowest BCUT2D eigenvalue weighted by Crippen LogP contribution is -2.43. The molecule has 10 nitrogen and oxygen atoms in total. The summed E-state index contributed by atoms with van der Waals surface area (Å²) in [5.41, 5.74) is 4.07. The summed E-state index contributed by atoms with van der Waals surface area (Å²) in [5.74, 6) is 2.28. The molecule has 2 fully saturated rings. The van der Waals surface area contributed by atoms with E-state index in [2.05, 4.69) is 50.8 Å². The first-order chi connectivity index (χ1) is 22.8. The van der Waals surface area contributed by atoms with Crippen LogP contribution in [0.2, 0.25) is 0 Å².